The molecule has 0 aromatic rings. The summed E-state index contributed by atoms with van der Waals surface area (Å²) in [6.45, 7) is 0.626. The first-order chi connectivity index (χ1) is 5.37. The van der Waals surface area contributed by atoms with Crippen LogP contribution in [0.25, 0.3) is 0 Å². The third-order valence-corrected chi connectivity index (χ3v) is 4.13. The summed E-state index contributed by atoms with van der Waals surface area (Å²) in [6.07, 6.45) is 5.58. The van der Waals surface area contributed by atoms with E-state index in [0.717, 1.165) is 18.3 Å². The smallest absolute Gasteiger partial charge is 0.293 e. The van der Waals surface area contributed by atoms with Crippen molar-refractivity contribution in [1.29, 1.82) is 0 Å². The van der Waals surface area contributed by atoms with Crippen molar-refractivity contribution >= 4 is 6.47 Å². The highest BCUT2D eigenvalue weighted by atomic mass is 16.5. The molecule has 3 unspecified atom stereocenters. The highest BCUT2D eigenvalue weighted by Crippen LogP contribution is 2.76. The topological polar surface area (TPSA) is 26.3 Å². The first-order valence-corrected chi connectivity index (χ1v) is 4.46. The third kappa shape index (κ3) is 0.534. The largest absolute Gasteiger partial charge is 0.464 e. The first kappa shape index (κ1) is 6.04. The summed E-state index contributed by atoms with van der Waals surface area (Å²) in [5, 5.41) is 0. The molecule has 0 heterocycles. The SMILES string of the molecule is O=CO[C@H]1CC2CC23CCC13. The summed E-state index contributed by atoms with van der Waals surface area (Å²) >= 11 is 0. The number of rotatable bonds is 2. The molecule has 2 heteroatoms. The minimum atomic E-state index is 0.292. The second-order valence-corrected chi connectivity index (χ2v) is 4.29. The maximum atomic E-state index is 10.1. The molecule has 3 rings (SSSR count). The highest BCUT2D eigenvalue weighted by molar-refractivity contribution is 5.38. The Hall–Kier alpha value is -0.530. The van der Waals surface area contributed by atoms with Crippen molar-refractivity contribution in [3.8, 4) is 0 Å². The van der Waals surface area contributed by atoms with Gasteiger partial charge in [0.1, 0.15) is 6.10 Å². The molecule has 0 aliphatic heterocycles. The van der Waals surface area contributed by atoms with E-state index in [2.05, 4.69) is 0 Å². The summed E-state index contributed by atoms with van der Waals surface area (Å²) in [4.78, 5) is 10.1. The molecule has 60 valence electrons. The molecule has 0 N–H and O–H groups in total. The van der Waals surface area contributed by atoms with Crippen LogP contribution in [-0.2, 0) is 9.53 Å². The van der Waals surface area contributed by atoms with Crippen LogP contribution in [0.4, 0.5) is 0 Å². The van der Waals surface area contributed by atoms with E-state index in [1.807, 2.05) is 0 Å². The van der Waals surface area contributed by atoms with Crippen LogP contribution in [0.3, 0.4) is 0 Å². The lowest BCUT2D eigenvalue weighted by atomic mass is 9.70. The van der Waals surface area contributed by atoms with Crippen LogP contribution in [0, 0.1) is 17.3 Å². The van der Waals surface area contributed by atoms with Crippen molar-refractivity contribution in [3.05, 3.63) is 0 Å². The quantitative estimate of drug-likeness (QED) is 0.558. The van der Waals surface area contributed by atoms with Crippen molar-refractivity contribution in [2.24, 2.45) is 17.3 Å². The van der Waals surface area contributed by atoms with E-state index in [0.29, 0.717) is 18.0 Å². The molecule has 1 spiro atoms. The van der Waals surface area contributed by atoms with E-state index >= 15 is 0 Å². The van der Waals surface area contributed by atoms with Crippen LogP contribution in [0.1, 0.15) is 25.7 Å². The van der Waals surface area contributed by atoms with Crippen molar-refractivity contribution < 1.29 is 9.53 Å². The molecule has 0 amide bonds. The zero-order valence-electron chi connectivity index (χ0n) is 6.45. The molecule has 3 aliphatic carbocycles. The minimum Gasteiger partial charge on any atom is -0.464 e. The van der Waals surface area contributed by atoms with E-state index < -0.39 is 0 Å². The molecule has 0 radical (unpaired) electrons. The van der Waals surface area contributed by atoms with Crippen molar-refractivity contribution in [3.63, 3.8) is 0 Å². The lowest BCUT2D eigenvalue weighted by Gasteiger charge is -2.37. The van der Waals surface area contributed by atoms with Crippen LogP contribution in [-0.4, -0.2) is 12.6 Å². The van der Waals surface area contributed by atoms with Crippen molar-refractivity contribution in [2.45, 2.75) is 31.8 Å². The predicted octanol–water partition coefficient (Wildman–Crippen LogP) is 1.35. The lowest BCUT2D eigenvalue weighted by Crippen LogP contribution is -2.34. The molecule has 0 aromatic heterocycles. The fourth-order valence-corrected chi connectivity index (χ4v) is 3.38. The van der Waals surface area contributed by atoms with Crippen LogP contribution < -0.4 is 0 Å². The fraction of sp³-hybridized carbons (Fsp3) is 0.889. The minimum absolute atomic E-state index is 0.292. The standard InChI is InChI=1S/C9H12O2/c10-5-11-8-3-6-4-9(6)2-1-7(8)9/h5-8H,1-4H2/t6?,7?,8-,9?/m0/s1. The summed E-state index contributed by atoms with van der Waals surface area (Å²) < 4.78 is 5.05. The lowest BCUT2D eigenvalue weighted by molar-refractivity contribution is -0.138. The Morgan fingerprint density at radius 3 is 3.00 bits per heavy atom. The molecule has 2 nitrogen and oxygen atoms in total. The van der Waals surface area contributed by atoms with E-state index in [4.69, 9.17) is 4.74 Å². The molecular formula is C9H12O2. The zero-order chi connectivity index (χ0) is 7.47. The van der Waals surface area contributed by atoms with Gasteiger partial charge < -0.3 is 4.74 Å². The Morgan fingerprint density at radius 2 is 2.45 bits per heavy atom. The summed E-state index contributed by atoms with van der Waals surface area (Å²) in [6, 6.07) is 0. The van der Waals surface area contributed by atoms with Gasteiger partial charge in [-0.2, -0.15) is 0 Å². The van der Waals surface area contributed by atoms with Gasteiger partial charge in [-0.1, -0.05) is 0 Å². The normalized spacial score (nSPS) is 57.3. The van der Waals surface area contributed by atoms with Gasteiger partial charge in [0.2, 0.25) is 0 Å². The van der Waals surface area contributed by atoms with E-state index in [1.165, 1.54) is 19.3 Å². The highest BCUT2D eigenvalue weighted by Gasteiger charge is 2.71. The molecule has 11 heavy (non-hydrogen) atoms. The molecule has 3 saturated carbocycles. The number of ether oxygens (including phenoxy) is 1. The number of hydrogen-bond acceptors (Lipinski definition) is 2. The Morgan fingerprint density at radius 1 is 1.55 bits per heavy atom. The van der Waals surface area contributed by atoms with Gasteiger partial charge in [-0.15, -0.1) is 0 Å². The van der Waals surface area contributed by atoms with Gasteiger partial charge in [0.05, 0.1) is 0 Å². The molecule has 0 bridgehead atoms. The summed E-state index contributed by atoms with van der Waals surface area (Å²) in [5.41, 5.74) is 0.688. The van der Waals surface area contributed by atoms with Crippen LogP contribution in [0.15, 0.2) is 0 Å². The number of hydrogen-bond donors (Lipinski definition) is 0. The molecule has 0 aromatic carbocycles. The molecule has 3 aliphatic rings. The van der Waals surface area contributed by atoms with E-state index in [-0.39, 0.29) is 0 Å². The van der Waals surface area contributed by atoms with Crippen molar-refractivity contribution in [2.75, 3.05) is 0 Å². The van der Waals surface area contributed by atoms with Crippen molar-refractivity contribution in [1.82, 2.24) is 0 Å². The van der Waals surface area contributed by atoms with Gasteiger partial charge in [-0.3, -0.25) is 4.79 Å². The van der Waals surface area contributed by atoms with E-state index in [9.17, 15) is 4.79 Å². The second kappa shape index (κ2) is 1.62. The summed E-state index contributed by atoms with van der Waals surface area (Å²) in [7, 11) is 0. The predicted molar refractivity (Wildman–Crippen MR) is 38.8 cm³/mol. The van der Waals surface area contributed by atoms with Gasteiger partial charge in [0.15, 0.2) is 0 Å². The van der Waals surface area contributed by atoms with Gasteiger partial charge in [-0.25, -0.2) is 0 Å². The molecule has 0 saturated heterocycles. The Kier molecular flexibility index (Phi) is 0.890. The number of carbonyl (C=O) groups is 1. The molecular weight excluding hydrogens is 140 g/mol. The van der Waals surface area contributed by atoms with Crippen LogP contribution in [0.2, 0.25) is 0 Å². The van der Waals surface area contributed by atoms with E-state index in [1.54, 1.807) is 0 Å². The molecule has 3 fully saturated rings. The maximum Gasteiger partial charge on any atom is 0.293 e. The summed E-state index contributed by atoms with van der Waals surface area (Å²) in [5.74, 6) is 1.67. The average Bonchev–Trinajstić information content (AvgIpc) is 2.58. The Bertz CT molecular complexity index is 210. The second-order valence-electron chi connectivity index (χ2n) is 4.29. The fourth-order valence-electron chi connectivity index (χ4n) is 3.38. The Labute approximate surface area is 65.9 Å². The van der Waals surface area contributed by atoms with Gasteiger partial charge in [0.25, 0.3) is 6.47 Å². The van der Waals surface area contributed by atoms with Gasteiger partial charge >= 0.3 is 0 Å². The average molecular weight is 152 g/mol. The Balaban J connectivity index is 1.78. The monoisotopic (exact) mass is 152 g/mol. The molecule has 4 atom stereocenters. The first-order valence-electron chi connectivity index (χ1n) is 4.46. The van der Waals surface area contributed by atoms with Crippen LogP contribution >= 0.6 is 0 Å². The maximum absolute atomic E-state index is 10.1. The van der Waals surface area contributed by atoms with Crippen LogP contribution in [0.5, 0.6) is 0 Å². The zero-order valence-corrected chi connectivity index (χ0v) is 6.45. The van der Waals surface area contributed by atoms with Gasteiger partial charge in [-0.05, 0) is 37.0 Å². The number of carbonyl (C=O) groups excluding carboxylic acids is 1. The third-order valence-electron chi connectivity index (χ3n) is 4.13. The van der Waals surface area contributed by atoms with Gasteiger partial charge in [0, 0.05) is 5.92 Å².